The Labute approximate surface area is 121 Å². The Bertz CT molecular complexity index is 296. The van der Waals surface area contributed by atoms with Crippen molar-refractivity contribution in [2.75, 3.05) is 12.3 Å². The first-order valence-corrected chi connectivity index (χ1v) is 8.93. The number of thioether (sulfide) groups is 1. The van der Waals surface area contributed by atoms with Crippen molar-refractivity contribution >= 4 is 17.7 Å². The zero-order valence-electron chi connectivity index (χ0n) is 12.1. The molecule has 2 rings (SSSR count). The maximum Gasteiger partial charge on any atom is 0.223 e. The largest absolute Gasteiger partial charge is 0.352 e. The van der Waals surface area contributed by atoms with Crippen molar-refractivity contribution in [3.8, 4) is 0 Å². The second-order valence-corrected chi connectivity index (χ2v) is 7.44. The molecule has 3 nitrogen and oxygen atoms in total. The van der Waals surface area contributed by atoms with Crippen molar-refractivity contribution in [3.05, 3.63) is 0 Å². The molecule has 4 heteroatoms. The molecule has 1 amide bonds. The lowest BCUT2D eigenvalue weighted by Gasteiger charge is -2.33. The number of hydrogen-bond donors (Lipinski definition) is 2. The summed E-state index contributed by atoms with van der Waals surface area (Å²) < 4.78 is 0. The molecule has 0 spiro atoms. The van der Waals surface area contributed by atoms with Gasteiger partial charge in [-0.15, -0.1) is 0 Å². The van der Waals surface area contributed by atoms with Crippen LogP contribution in [0.15, 0.2) is 0 Å². The van der Waals surface area contributed by atoms with E-state index in [4.69, 9.17) is 5.73 Å². The lowest BCUT2D eigenvalue weighted by atomic mass is 9.92. The van der Waals surface area contributed by atoms with Crippen LogP contribution in [-0.2, 0) is 4.79 Å². The number of rotatable bonds is 5. The van der Waals surface area contributed by atoms with Gasteiger partial charge in [-0.2, -0.15) is 11.8 Å². The molecule has 3 N–H and O–H groups in total. The van der Waals surface area contributed by atoms with Crippen molar-refractivity contribution in [2.24, 2.45) is 17.6 Å². The molecule has 0 radical (unpaired) electrons. The summed E-state index contributed by atoms with van der Waals surface area (Å²) in [5.41, 5.74) is 5.79. The van der Waals surface area contributed by atoms with Crippen LogP contribution in [-0.4, -0.2) is 29.5 Å². The van der Waals surface area contributed by atoms with Crippen LogP contribution in [0, 0.1) is 11.8 Å². The van der Waals surface area contributed by atoms with Crippen molar-refractivity contribution in [1.82, 2.24) is 5.32 Å². The lowest BCUT2D eigenvalue weighted by molar-refractivity contribution is -0.126. The van der Waals surface area contributed by atoms with Gasteiger partial charge in [0, 0.05) is 17.2 Å². The van der Waals surface area contributed by atoms with Crippen molar-refractivity contribution < 1.29 is 4.79 Å². The summed E-state index contributed by atoms with van der Waals surface area (Å²) in [4.78, 5) is 12.5. The van der Waals surface area contributed by atoms with Crippen LogP contribution in [0.3, 0.4) is 0 Å². The van der Waals surface area contributed by atoms with Gasteiger partial charge < -0.3 is 11.1 Å². The van der Waals surface area contributed by atoms with E-state index in [0.29, 0.717) is 23.8 Å². The molecule has 0 saturated heterocycles. The summed E-state index contributed by atoms with van der Waals surface area (Å²) in [6, 6.07) is 0.394. The molecule has 0 aromatic carbocycles. The second kappa shape index (κ2) is 7.53. The van der Waals surface area contributed by atoms with Gasteiger partial charge in [0.2, 0.25) is 5.91 Å². The fourth-order valence-electron chi connectivity index (χ4n) is 3.63. The molecule has 2 fully saturated rings. The summed E-state index contributed by atoms with van der Waals surface area (Å²) in [6.07, 6.45) is 8.32. The second-order valence-electron chi connectivity index (χ2n) is 5.93. The summed E-state index contributed by atoms with van der Waals surface area (Å²) in [6.45, 7) is 2.87. The van der Waals surface area contributed by atoms with E-state index in [1.165, 1.54) is 19.3 Å². The summed E-state index contributed by atoms with van der Waals surface area (Å²) in [7, 11) is 0. The van der Waals surface area contributed by atoms with Gasteiger partial charge >= 0.3 is 0 Å². The van der Waals surface area contributed by atoms with E-state index in [2.05, 4.69) is 12.2 Å². The Morgan fingerprint density at radius 1 is 1.21 bits per heavy atom. The Morgan fingerprint density at radius 3 is 2.74 bits per heavy atom. The van der Waals surface area contributed by atoms with Gasteiger partial charge in [-0.25, -0.2) is 0 Å². The fourth-order valence-corrected chi connectivity index (χ4v) is 4.83. The summed E-state index contributed by atoms with van der Waals surface area (Å²) >= 11 is 2.01. The van der Waals surface area contributed by atoms with Gasteiger partial charge in [0.1, 0.15) is 0 Å². The van der Waals surface area contributed by atoms with Crippen LogP contribution in [0.4, 0.5) is 0 Å². The maximum absolute atomic E-state index is 12.5. The smallest absolute Gasteiger partial charge is 0.223 e. The van der Waals surface area contributed by atoms with Crippen LogP contribution in [0.5, 0.6) is 0 Å². The minimum atomic E-state index is 0.180. The van der Waals surface area contributed by atoms with Crippen molar-refractivity contribution in [2.45, 2.75) is 63.2 Å². The molecule has 4 atom stereocenters. The number of hydrogen-bond acceptors (Lipinski definition) is 3. The third kappa shape index (κ3) is 3.88. The molecule has 2 aliphatic carbocycles. The zero-order chi connectivity index (χ0) is 13.7. The normalized spacial score (nSPS) is 35.3. The molecule has 0 bridgehead atoms. The number of carbonyl (C=O) groups excluding carboxylic acids is 1. The first-order valence-electron chi connectivity index (χ1n) is 7.88. The third-order valence-corrected chi connectivity index (χ3v) is 6.04. The Hall–Kier alpha value is -0.220. The lowest BCUT2D eigenvalue weighted by Crippen LogP contribution is -2.47. The molecule has 110 valence electrons. The van der Waals surface area contributed by atoms with Gasteiger partial charge in [-0.3, -0.25) is 4.79 Å². The van der Waals surface area contributed by atoms with Crippen LogP contribution in [0.25, 0.3) is 0 Å². The Kier molecular flexibility index (Phi) is 6.02. The molecule has 0 aromatic rings. The Morgan fingerprint density at radius 2 is 2.00 bits per heavy atom. The van der Waals surface area contributed by atoms with Gasteiger partial charge in [0.05, 0.1) is 0 Å². The van der Waals surface area contributed by atoms with Gasteiger partial charge in [-0.1, -0.05) is 26.2 Å². The highest BCUT2D eigenvalue weighted by molar-refractivity contribution is 7.99. The number of nitrogens with two attached hydrogens (primary N) is 1. The zero-order valence-corrected chi connectivity index (χ0v) is 12.9. The standard InChI is InChI=1S/C15H28N2OS/c1-2-19-14-9-4-3-8-13(14)17-15(18)12-7-5-6-11(12)10-16/h11-14H,2-10,16H2,1H3,(H,17,18)/t11-,12-,13?,14?/m1/s1. The molecular formula is C15H28N2OS. The van der Waals surface area contributed by atoms with Crippen LogP contribution >= 0.6 is 11.8 Å². The molecule has 19 heavy (non-hydrogen) atoms. The molecule has 2 saturated carbocycles. The Balaban J connectivity index is 1.89. The summed E-state index contributed by atoms with van der Waals surface area (Å²) in [5.74, 6) is 2.02. The third-order valence-electron chi connectivity index (χ3n) is 4.71. The topological polar surface area (TPSA) is 55.1 Å². The minimum Gasteiger partial charge on any atom is -0.352 e. The SMILES string of the molecule is CCSC1CCCCC1NC(=O)[C@@H]1CCC[C@@H]1CN. The van der Waals surface area contributed by atoms with Gasteiger partial charge in [0.25, 0.3) is 0 Å². The molecular weight excluding hydrogens is 256 g/mol. The van der Waals surface area contributed by atoms with Crippen molar-refractivity contribution in [3.63, 3.8) is 0 Å². The quantitative estimate of drug-likeness (QED) is 0.816. The monoisotopic (exact) mass is 284 g/mol. The molecule has 0 aromatic heterocycles. The summed E-state index contributed by atoms with van der Waals surface area (Å²) in [5, 5.41) is 3.97. The van der Waals surface area contributed by atoms with Gasteiger partial charge in [0.15, 0.2) is 0 Å². The number of carbonyl (C=O) groups is 1. The van der Waals surface area contributed by atoms with E-state index in [-0.39, 0.29) is 11.8 Å². The highest BCUT2D eigenvalue weighted by Crippen LogP contribution is 2.33. The predicted molar refractivity (Wildman–Crippen MR) is 82.2 cm³/mol. The highest BCUT2D eigenvalue weighted by atomic mass is 32.2. The average molecular weight is 284 g/mol. The van der Waals surface area contributed by atoms with E-state index >= 15 is 0 Å². The predicted octanol–water partition coefficient (Wildman–Crippen LogP) is 2.54. The van der Waals surface area contributed by atoms with Crippen LogP contribution in [0.1, 0.15) is 51.9 Å². The molecule has 2 unspecified atom stereocenters. The van der Waals surface area contributed by atoms with Gasteiger partial charge in [-0.05, 0) is 43.9 Å². The van der Waals surface area contributed by atoms with E-state index in [1.807, 2.05) is 11.8 Å². The number of amides is 1. The molecule has 2 aliphatic rings. The van der Waals surface area contributed by atoms with Crippen molar-refractivity contribution in [1.29, 1.82) is 0 Å². The van der Waals surface area contributed by atoms with Crippen LogP contribution < -0.4 is 11.1 Å². The first kappa shape index (κ1) is 15.2. The maximum atomic E-state index is 12.5. The fraction of sp³-hybridized carbons (Fsp3) is 0.933. The highest BCUT2D eigenvalue weighted by Gasteiger charge is 2.34. The van der Waals surface area contributed by atoms with E-state index in [1.54, 1.807) is 0 Å². The molecule has 0 aliphatic heterocycles. The number of nitrogens with one attached hydrogen (secondary N) is 1. The van der Waals surface area contributed by atoms with E-state index < -0.39 is 0 Å². The van der Waals surface area contributed by atoms with E-state index in [9.17, 15) is 4.79 Å². The minimum absolute atomic E-state index is 0.180. The molecule has 0 heterocycles. The first-order chi connectivity index (χ1) is 9.26. The van der Waals surface area contributed by atoms with E-state index in [0.717, 1.165) is 31.4 Å². The average Bonchev–Trinajstić information content (AvgIpc) is 2.89. The van der Waals surface area contributed by atoms with Crippen LogP contribution in [0.2, 0.25) is 0 Å².